The van der Waals surface area contributed by atoms with E-state index in [1.165, 1.54) is 25.7 Å². The van der Waals surface area contributed by atoms with Crippen molar-refractivity contribution in [2.45, 2.75) is 50.7 Å². The molecule has 1 aliphatic carbocycles. The van der Waals surface area contributed by atoms with Gasteiger partial charge in [0.15, 0.2) is 5.76 Å². The molecule has 1 aromatic heterocycles. The third kappa shape index (κ3) is 3.32. The van der Waals surface area contributed by atoms with Gasteiger partial charge in [-0.3, -0.25) is 0 Å². The number of rotatable bonds is 4. The van der Waals surface area contributed by atoms with Crippen LogP contribution in [0, 0.1) is 0 Å². The molecule has 1 aromatic rings. The predicted octanol–water partition coefficient (Wildman–Crippen LogP) is 2.24. The highest BCUT2D eigenvalue weighted by Crippen LogP contribution is 2.25. The summed E-state index contributed by atoms with van der Waals surface area (Å²) in [5.74, 6) is 0.761. The first kappa shape index (κ1) is 11.6. The molecule has 2 N–H and O–H groups in total. The van der Waals surface area contributed by atoms with Crippen molar-refractivity contribution in [1.29, 1.82) is 0 Å². The lowest BCUT2D eigenvalue weighted by Gasteiger charge is -2.27. The molecule has 2 rings (SSSR count). The fourth-order valence-corrected chi connectivity index (χ4v) is 2.25. The standard InChI is InChI=1S/C12H20N2O2/c13-12(6-3-1-2-4-7-12)10-15-9-11-5-8-14-16-11/h5,8H,1-4,6-7,9-10,13H2. The van der Waals surface area contributed by atoms with Gasteiger partial charge in [-0.25, -0.2) is 0 Å². The Morgan fingerprint density at radius 3 is 2.69 bits per heavy atom. The lowest BCUT2D eigenvalue weighted by atomic mass is 9.93. The predicted molar refractivity (Wildman–Crippen MR) is 60.8 cm³/mol. The van der Waals surface area contributed by atoms with Gasteiger partial charge in [0.25, 0.3) is 0 Å². The van der Waals surface area contributed by atoms with E-state index in [4.69, 9.17) is 15.0 Å². The maximum Gasteiger partial charge on any atom is 0.162 e. The highest BCUT2D eigenvalue weighted by Gasteiger charge is 2.26. The first-order valence-electron chi connectivity index (χ1n) is 6.05. The fraction of sp³-hybridized carbons (Fsp3) is 0.750. The zero-order chi connectivity index (χ0) is 11.3. The number of hydrogen-bond acceptors (Lipinski definition) is 4. The number of aromatic nitrogens is 1. The summed E-state index contributed by atoms with van der Waals surface area (Å²) in [5.41, 5.74) is 6.20. The average molecular weight is 224 g/mol. The molecular weight excluding hydrogens is 204 g/mol. The topological polar surface area (TPSA) is 61.3 Å². The Kier molecular flexibility index (Phi) is 3.96. The number of nitrogens with zero attached hydrogens (tertiary/aromatic N) is 1. The second-order valence-corrected chi connectivity index (χ2v) is 4.75. The minimum Gasteiger partial charge on any atom is -0.371 e. The summed E-state index contributed by atoms with van der Waals surface area (Å²) >= 11 is 0. The Morgan fingerprint density at radius 2 is 2.06 bits per heavy atom. The van der Waals surface area contributed by atoms with Crippen molar-refractivity contribution >= 4 is 0 Å². The normalized spacial score (nSPS) is 20.6. The Balaban J connectivity index is 1.75. The Bertz CT molecular complexity index is 290. The minimum absolute atomic E-state index is 0.128. The quantitative estimate of drug-likeness (QED) is 0.797. The summed E-state index contributed by atoms with van der Waals surface area (Å²) in [5, 5.41) is 3.63. The van der Waals surface area contributed by atoms with Crippen LogP contribution in [0.25, 0.3) is 0 Å². The molecule has 0 radical (unpaired) electrons. The van der Waals surface area contributed by atoms with E-state index in [-0.39, 0.29) is 5.54 Å². The van der Waals surface area contributed by atoms with Gasteiger partial charge in [0.05, 0.1) is 12.8 Å². The van der Waals surface area contributed by atoms with Crippen molar-refractivity contribution in [3.8, 4) is 0 Å². The van der Waals surface area contributed by atoms with E-state index in [1.807, 2.05) is 6.07 Å². The van der Waals surface area contributed by atoms with Crippen molar-refractivity contribution in [3.63, 3.8) is 0 Å². The highest BCUT2D eigenvalue weighted by atomic mass is 16.5. The summed E-state index contributed by atoms with van der Waals surface area (Å²) < 4.78 is 10.6. The SMILES string of the molecule is NC1(COCc2ccno2)CCCCCC1. The zero-order valence-electron chi connectivity index (χ0n) is 9.65. The summed E-state index contributed by atoms with van der Waals surface area (Å²) in [6, 6.07) is 1.82. The van der Waals surface area contributed by atoms with Gasteiger partial charge in [0.1, 0.15) is 6.61 Å². The Labute approximate surface area is 96.1 Å². The number of ether oxygens (including phenoxy) is 1. The third-order valence-corrected chi connectivity index (χ3v) is 3.22. The van der Waals surface area contributed by atoms with E-state index in [0.29, 0.717) is 13.2 Å². The molecular formula is C12H20N2O2. The fourth-order valence-electron chi connectivity index (χ4n) is 2.25. The lowest BCUT2D eigenvalue weighted by Crippen LogP contribution is -2.43. The van der Waals surface area contributed by atoms with Crippen LogP contribution in [0.5, 0.6) is 0 Å². The van der Waals surface area contributed by atoms with E-state index < -0.39 is 0 Å². The summed E-state index contributed by atoms with van der Waals surface area (Å²) in [6.07, 6.45) is 8.84. The lowest BCUT2D eigenvalue weighted by molar-refractivity contribution is 0.0541. The first-order chi connectivity index (χ1) is 7.79. The molecule has 0 aromatic carbocycles. The number of hydrogen-bond donors (Lipinski definition) is 1. The van der Waals surface area contributed by atoms with Crippen molar-refractivity contribution in [2.24, 2.45) is 5.73 Å². The summed E-state index contributed by atoms with van der Waals surface area (Å²) in [7, 11) is 0. The molecule has 0 amide bonds. The van der Waals surface area contributed by atoms with E-state index in [9.17, 15) is 0 Å². The minimum atomic E-state index is -0.128. The molecule has 16 heavy (non-hydrogen) atoms. The van der Waals surface area contributed by atoms with Gasteiger partial charge in [-0.2, -0.15) is 0 Å². The van der Waals surface area contributed by atoms with Gasteiger partial charge >= 0.3 is 0 Å². The third-order valence-electron chi connectivity index (χ3n) is 3.22. The van der Waals surface area contributed by atoms with E-state index in [2.05, 4.69) is 5.16 Å². The molecule has 1 heterocycles. The first-order valence-corrected chi connectivity index (χ1v) is 6.05. The summed E-state index contributed by atoms with van der Waals surface area (Å²) in [4.78, 5) is 0. The largest absolute Gasteiger partial charge is 0.371 e. The molecule has 4 nitrogen and oxygen atoms in total. The van der Waals surface area contributed by atoms with Crippen LogP contribution in [0.4, 0.5) is 0 Å². The van der Waals surface area contributed by atoms with Gasteiger partial charge < -0.3 is 15.0 Å². The van der Waals surface area contributed by atoms with Crippen LogP contribution in [-0.4, -0.2) is 17.3 Å². The maximum atomic E-state index is 6.33. The smallest absolute Gasteiger partial charge is 0.162 e. The van der Waals surface area contributed by atoms with Gasteiger partial charge in [0, 0.05) is 11.6 Å². The second kappa shape index (κ2) is 5.46. The molecule has 0 aliphatic heterocycles. The van der Waals surface area contributed by atoms with Crippen molar-refractivity contribution in [2.75, 3.05) is 6.61 Å². The van der Waals surface area contributed by atoms with Crippen molar-refractivity contribution in [3.05, 3.63) is 18.0 Å². The van der Waals surface area contributed by atoms with Crippen LogP contribution in [-0.2, 0) is 11.3 Å². The van der Waals surface area contributed by atoms with E-state index in [1.54, 1.807) is 6.20 Å². The molecule has 0 saturated heterocycles. The molecule has 90 valence electrons. The molecule has 4 heteroatoms. The van der Waals surface area contributed by atoms with Crippen molar-refractivity contribution in [1.82, 2.24) is 5.16 Å². The van der Waals surface area contributed by atoms with Gasteiger partial charge in [-0.05, 0) is 12.8 Å². The van der Waals surface area contributed by atoms with Crippen LogP contribution in [0.3, 0.4) is 0 Å². The van der Waals surface area contributed by atoms with E-state index >= 15 is 0 Å². The number of nitrogens with two attached hydrogens (primary N) is 1. The Hall–Kier alpha value is -0.870. The van der Waals surface area contributed by atoms with Crippen LogP contribution in [0.1, 0.15) is 44.3 Å². The van der Waals surface area contributed by atoms with Gasteiger partial charge in [0.2, 0.25) is 0 Å². The monoisotopic (exact) mass is 224 g/mol. The zero-order valence-corrected chi connectivity index (χ0v) is 9.65. The Morgan fingerprint density at radius 1 is 1.31 bits per heavy atom. The van der Waals surface area contributed by atoms with Gasteiger partial charge in [-0.1, -0.05) is 30.8 Å². The second-order valence-electron chi connectivity index (χ2n) is 4.75. The molecule has 0 spiro atoms. The molecule has 0 unspecified atom stereocenters. The van der Waals surface area contributed by atoms with Crippen LogP contribution in [0.15, 0.2) is 16.8 Å². The average Bonchev–Trinajstić information content (AvgIpc) is 2.68. The molecule has 1 saturated carbocycles. The highest BCUT2D eigenvalue weighted by molar-refractivity contribution is 4.91. The van der Waals surface area contributed by atoms with Crippen LogP contribution >= 0.6 is 0 Å². The van der Waals surface area contributed by atoms with Crippen molar-refractivity contribution < 1.29 is 9.26 Å². The van der Waals surface area contributed by atoms with Gasteiger partial charge in [-0.15, -0.1) is 0 Å². The van der Waals surface area contributed by atoms with Crippen LogP contribution in [0.2, 0.25) is 0 Å². The molecule has 0 bridgehead atoms. The molecule has 0 atom stereocenters. The molecule has 1 fully saturated rings. The summed E-state index contributed by atoms with van der Waals surface area (Å²) in [6.45, 7) is 1.09. The maximum absolute atomic E-state index is 6.33. The van der Waals surface area contributed by atoms with Crippen LogP contribution < -0.4 is 5.73 Å². The molecule has 1 aliphatic rings. The van der Waals surface area contributed by atoms with E-state index in [0.717, 1.165) is 18.6 Å².